The molecule has 0 aliphatic carbocycles. The number of rotatable bonds is 2. The van der Waals surface area contributed by atoms with Crippen molar-refractivity contribution in [2.24, 2.45) is 5.73 Å². The van der Waals surface area contributed by atoms with Crippen molar-refractivity contribution in [2.75, 3.05) is 0 Å². The van der Waals surface area contributed by atoms with E-state index >= 15 is 0 Å². The van der Waals surface area contributed by atoms with Gasteiger partial charge in [-0.05, 0) is 36.6 Å². The summed E-state index contributed by atoms with van der Waals surface area (Å²) in [5.74, 6) is 0.341. The van der Waals surface area contributed by atoms with Crippen LogP contribution in [0.4, 0.5) is 0 Å². The Morgan fingerprint density at radius 1 is 1.33 bits per heavy atom. The number of nitrogens with two attached hydrogens (primary N) is 1. The van der Waals surface area contributed by atoms with Crippen molar-refractivity contribution in [3.05, 3.63) is 40.0 Å². The molecule has 0 amide bonds. The van der Waals surface area contributed by atoms with Gasteiger partial charge in [0.1, 0.15) is 5.84 Å². The number of nitrogens with one attached hydrogen (secondary N) is 1. The highest BCUT2D eigenvalue weighted by Crippen LogP contribution is 2.27. The van der Waals surface area contributed by atoms with Crippen molar-refractivity contribution in [1.82, 2.24) is 4.98 Å². The molecule has 0 aliphatic rings. The fourth-order valence-electron chi connectivity index (χ4n) is 1.99. The van der Waals surface area contributed by atoms with Gasteiger partial charge < -0.3 is 5.73 Å². The second-order valence-corrected chi connectivity index (χ2v) is 5.22. The Hall–Kier alpha value is -1.61. The van der Waals surface area contributed by atoms with Gasteiger partial charge in [-0.2, -0.15) is 0 Å². The zero-order chi connectivity index (χ0) is 13.4. The highest BCUT2D eigenvalue weighted by Gasteiger charge is 2.12. The van der Waals surface area contributed by atoms with Crippen LogP contribution in [0.15, 0.2) is 18.2 Å². The lowest BCUT2D eigenvalue weighted by Gasteiger charge is -2.12. The predicted molar refractivity (Wildman–Crippen MR) is 76.6 cm³/mol. The molecular formula is C14H16ClN3. The van der Waals surface area contributed by atoms with Crippen LogP contribution in [-0.4, -0.2) is 10.8 Å². The van der Waals surface area contributed by atoms with Crippen LogP contribution in [-0.2, 0) is 0 Å². The maximum atomic E-state index is 7.70. The number of fused-ring (bicyclic) bond motifs is 1. The van der Waals surface area contributed by atoms with Crippen LogP contribution in [0, 0.1) is 12.3 Å². The number of benzene rings is 1. The zero-order valence-corrected chi connectivity index (χ0v) is 11.5. The van der Waals surface area contributed by atoms with Gasteiger partial charge in [0, 0.05) is 21.7 Å². The van der Waals surface area contributed by atoms with Gasteiger partial charge in [0.05, 0.1) is 5.52 Å². The van der Waals surface area contributed by atoms with Crippen LogP contribution in [0.2, 0.25) is 5.02 Å². The monoisotopic (exact) mass is 261 g/mol. The third-order valence-corrected chi connectivity index (χ3v) is 3.19. The van der Waals surface area contributed by atoms with Crippen molar-refractivity contribution in [2.45, 2.75) is 26.7 Å². The molecule has 1 heterocycles. The third kappa shape index (κ3) is 2.18. The first-order valence-corrected chi connectivity index (χ1v) is 6.23. The number of aryl methyl sites for hydroxylation is 1. The highest BCUT2D eigenvalue weighted by molar-refractivity contribution is 6.31. The van der Waals surface area contributed by atoms with Gasteiger partial charge in [0.15, 0.2) is 0 Å². The van der Waals surface area contributed by atoms with E-state index in [1.54, 1.807) is 0 Å². The minimum Gasteiger partial charge on any atom is -0.384 e. The molecule has 0 radical (unpaired) electrons. The van der Waals surface area contributed by atoms with E-state index < -0.39 is 0 Å². The van der Waals surface area contributed by atoms with Crippen molar-refractivity contribution < 1.29 is 0 Å². The fraction of sp³-hybridized carbons (Fsp3) is 0.286. The lowest BCUT2D eigenvalue weighted by atomic mass is 10.0. The van der Waals surface area contributed by atoms with Crippen molar-refractivity contribution in [1.29, 1.82) is 5.41 Å². The summed E-state index contributed by atoms with van der Waals surface area (Å²) in [4.78, 5) is 4.65. The maximum absolute atomic E-state index is 7.70. The lowest BCUT2D eigenvalue weighted by molar-refractivity contribution is 0.829. The van der Waals surface area contributed by atoms with Gasteiger partial charge in [0.25, 0.3) is 0 Å². The normalized spacial score (nSPS) is 11.2. The number of hydrogen-bond acceptors (Lipinski definition) is 2. The number of aromatic nitrogens is 1. The van der Waals surface area contributed by atoms with Crippen LogP contribution in [0.5, 0.6) is 0 Å². The molecule has 0 fully saturated rings. The number of halogens is 1. The zero-order valence-electron chi connectivity index (χ0n) is 10.7. The van der Waals surface area contributed by atoms with E-state index in [4.69, 9.17) is 22.7 Å². The summed E-state index contributed by atoms with van der Waals surface area (Å²) in [6, 6.07) is 5.58. The molecule has 0 unspecified atom stereocenters. The molecule has 2 rings (SSSR count). The van der Waals surface area contributed by atoms with E-state index in [0.717, 1.165) is 22.2 Å². The van der Waals surface area contributed by atoms with Crippen LogP contribution < -0.4 is 5.73 Å². The van der Waals surface area contributed by atoms with E-state index in [1.807, 2.05) is 25.1 Å². The first-order chi connectivity index (χ1) is 8.40. The molecule has 0 bridgehead atoms. The van der Waals surface area contributed by atoms with E-state index in [1.165, 1.54) is 0 Å². The van der Waals surface area contributed by atoms with Gasteiger partial charge >= 0.3 is 0 Å². The van der Waals surface area contributed by atoms with Gasteiger partial charge in [-0.25, -0.2) is 0 Å². The minimum absolute atomic E-state index is 0.0472. The number of amidine groups is 1. The number of hydrogen-bond donors (Lipinski definition) is 2. The molecule has 0 spiro atoms. The molecule has 0 atom stereocenters. The van der Waals surface area contributed by atoms with Crippen LogP contribution in [0.3, 0.4) is 0 Å². The van der Waals surface area contributed by atoms with E-state index in [-0.39, 0.29) is 5.84 Å². The molecule has 4 heteroatoms. The third-order valence-electron chi connectivity index (χ3n) is 2.97. The Morgan fingerprint density at radius 2 is 2.00 bits per heavy atom. The summed E-state index contributed by atoms with van der Waals surface area (Å²) in [6.45, 7) is 6.11. The van der Waals surface area contributed by atoms with Crippen LogP contribution in [0.1, 0.15) is 36.6 Å². The van der Waals surface area contributed by atoms with Gasteiger partial charge in [-0.3, -0.25) is 10.4 Å². The van der Waals surface area contributed by atoms with Crippen molar-refractivity contribution in [3.8, 4) is 0 Å². The number of nitrogens with zero attached hydrogens (tertiary/aromatic N) is 1. The van der Waals surface area contributed by atoms with Crippen LogP contribution in [0.25, 0.3) is 10.9 Å². The summed E-state index contributed by atoms with van der Waals surface area (Å²) in [7, 11) is 0. The summed E-state index contributed by atoms with van der Waals surface area (Å²) < 4.78 is 0. The summed E-state index contributed by atoms with van der Waals surface area (Å²) >= 11 is 6.06. The molecule has 0 saturated carbocycles. The Morgan fingerprint density at radius 3 is 2.56 bits per heavy atom. The van der Waals surface area contributed by atoms with Gasteiger partial charge in [0.2, 0.25) is 0 Å². The second kappa shape index (κ2) is 4.58. The average Bonchev–Trinajstić information content (AvgIpc) is 2.27. The topological polar surface area (TPSA) is 62.8 Å². The van der Waals surface area contributed by atoms with E-state index in [0.29, 0.717) is 16.5 Å². The largest absolute Gasteiger partial charge is 0.384 e. The quantitative estimate of drug-likeness (QED) is 0.641. The summed E-state index contributed by atoms with van der Waals surface area (Å²) in [5, 5.41) is 9.19. The molecule has 0 aliphatic heterocycles. The Balaban J connectivity index is 2.90. The van der Waals surface area contributed by atoms with E-state index in [9.17, 15) is 0 Å². The van der Waals surface area contributed by atoms with Gasteiger partial charge in [-0.1, -0.05) is 25.4 Å². The molecular weight excluding hydrogens is 246 g/mol. The SMILES string of the molecule is Cc1cc(Cl)cc2c(C(=N)N)cc(C(C)C)nc12. The van der Waals surface area contributed by atoms with Gasteiger partial charge in [-0.15, -0.1) is 0 Å². The van der Waals surface area contributed by atoms with Crippen molar-refractivity contribution in [3.63, 3.8) is 0 Å². The molecule has 1 aromatic heterocycles. The summed E-state index contributed by atoms with van der Waals surface area (Å²) in [6.07, 6.45) is 0. The molecule has 2 aromatic rings. The average molecular weight is 262 g/mol. The first kappa shape index (κ1) is 12.8. The minimum atomic E-state index is 0.0472. The maximum Gasteiger partial charge on any atom is 0.123 e. The standard InChI is InChI=1S/C14H16ClN3/c1-7(2)12-6-11(14(16)17)10-5-9(15)4-8(3)13(10)18-12/h4-7H,1-3H3,(H3,16,17). The highest BCUT2D eigenvalue weighted by atomic mass is 35.5. The Labute approximate surface area is 111 Å². The number of nitrogen functional groups attached to an aromatic ring is 1. The molecule has 18 heavy (non-hydrogen) atoms. The molecule has 3 nitrogen and oxygen atoms in total. The Bertz CT molecular complexity index is 632. The van der Waals surface area contributed by atoms with E-state index in [2.05, 4.69) is 18.8 Å². The molecule has 0 saturated heterocycles. The van der Waals surface area contributed by atoms with Crippen molar-refractivity contribution >= 4 is 28.3 Å². The molecule has 3 N–H and O–H groups in total. The predicted octanol–water partition coefficient (Wildman–Crippen LogP) is 3.60. The fourth-order valence-corrected chi connectivity index (χ4v) is 2.27. The smallest absolute Gasteiger partial charge is 0.123 e. The summed E-state index contributed by atoms with van der Waals surface area (Å²) in [5.41, 5.74) is 9.18. The van der Waals surface area contributed by atoms with Crippen LogP contribution >= 0.6 is 11.6 Å². The second-order valence-electron chi connectivity index (χ2n) is 4.78. The lowest BCUT2D eigenvalue weighted by Crippen LogP contribution is -2.13. The molecule has 94 valence electrons. The number of pyridine rings is 1. The Kier molecular flexibility index (Phi) is 3.26. The first-order valence-electron chi connectivity index (χ1n) is 5.85. The molecule has 1 aromatic carbocycles.